The smallest absolute Gasteiger partial charge is 0.165 e. The minimum absolute atomic E-state index is 0.513. The number of imidazole rings is 1. The molecule has 1 aliphatic rings. The first-order chi connectivity index (χ1) is 10.6. The maximum absolute atomic E-state index is 10.5. The summed E-state index contributed by atoms with van der Waals surface area (Å²) < 4.78 is 25.2. The van der Waals surface area contributed by atoms with Gasteiger partial charge in [0, 0.05) is 37.9 Å². The van der Waals surface area contributed by atoms with E-state index in [0.717, 1.165) is 49.3 Å². The van der Waals surface area contributed by atoms with Crippen molar-refractivity contribution in [1.82, 2.24) is 24.2 Å². The highest BCUT2D eigenvalue weighted by Crippen LogP contribution is 2.27. The summed E-state index contributed by atoms with van der Waals surface area (Å²) in [5.74, 6) is 1.44. The van der Waals surface area contributed by atoms with E-state index in [2.05, 4.69) is 24.6 Å². The van der Waals surface area contributed by atoms with Gasteiger partial charge in [-0.1, -0.05) is 0 Å². The molecule has 0 radical (unpaired) electrons. The van der Waals surface area contributed by atoms with E-state index in [1.807, 2.05) is 11.6 Å². The van der Waals surface area contributed by atoms with Crippen molar-refractivity contribution in [3.8, 4) is 0 Å². The summed E-state index contributed by atoms with van der Waals surface area (Å²) in [5, 5.41) is 0. The Hall–Kier alpha value is -1.58. The van der Waals surface area contributed by atoms with E-state index in [4.69, 9.17) is 0 Å². The number of fused-ring (bicyclic) bond motifs is 1. The highest BCUT2D eigenvalue weighted by Gasteiger charge is 2.22. The molecule has 8 nitrogen and oxygen atoms in total. The molecule has 22 heavy (non-hydrogen) atoms. The lowest BCUT2D eigenvalue weighted by Gasteiger charge is -2.32. The number of aryl methyl sites for hydroxylation is 1. The molecule has 1 N–H and O–H groups in total. The Morgan fingerprint density at radius 1 is 1.36 bits per heavy atom. The SMILES string of the molecule is Cn1cnc2c(N3CCC(CCNS(=O)[O-])CC3)ncnc21. The van der Waals surface area contributed by atoms with Crippen LogP contribution >= 0.6 is 0 Å². The third-order valence-electron chi connectivity index (χ3n) is 4.16. The lowest BCUT2D eigenvalue weighted by Crippen LogP contribution is -2.35. The molecular formula is C13H19N6O2S-. The predicted octanol–water partition coefficient (Wildman–Crippen LogP) is 0.353. The third-order valence-corrected chi connectivity index (χ3v) is 4.60. The molecule has 2 aromatic heterocycles. The van der Waals surface area contributed by atoms with Gasteiger partial charge >= 0.3 is 0 Å². The van der Waals surface area contributed by atoms with Gasteiger partial charge in [-0.2, -0.15) is 0 Å². The fourth-order valence-corrected chi connectivity index (χ4v) is 3.23. The molecule has 0 bridgehead atoms. The van der Waals surface area contributed by atoms with Crippen molar-refractivity contribution in [2.45, 2.75) is 19.3 Å². The molecule has 0 amide bonds. The number of nitrogens with zero attached hydrogens (tertiary/aromatic N) is 5. The maximum atomic E-state index is 10.5. The molecule has 1 atom stereocenters. The van der Waals surface area contributed by atoms with Gasteiger partial charge in [0.2, 0.25) is 0 Å². The highest BCUT2D eigenvalue weighted by atomic mass is 32.2. The molecule has 9 heteroatoms. The third kappa shape index (κ3) is 3.26. The van der Waals surface area contributed by atoms with Crippen molar-refractivity contribution in [3.05, 3.63) is 12.7 Å². The van der Waals surface area contributed by atoms with E-state index in [0.29, 0.717) is 12.5 Å². The zero-order valence-electron chi connectivity index (χ0n) is 12.4. The van der Waals surface area contributed by atoms with Crippen molar-refractivity contribution in [1.29, 1.82) is 0 Å². The van der Waals surface area contributed by atoms with E-state index in [-0.39, 0.29) is 0 Å². The Bertz CT molecular complexity index is 668. The molecule has 3 rings (SSSR count). The van der Waals surface area contributed by atoms with Crippen LogP contribution in [0.2, 0.25) is 0 Å². The average Bonchev–Trinajstić information content (AvgIpc) is 2.89. The molecule has 0 aromatic carbocycles. The summed E-state index contributed by atoms with van der Waals surface area (Å²) in [6, 6.07) is 0. The number of piperidine rings is 1. The Balaban J connectivity index is 1.62. The lowest BCUT2D eigenvalue weighted by molar-refractivity contribution is 0.380. The summed E-state index contributed by atoms with van der Waals surface area (Å²) in [7, 11) is 1.92. The second kappa shape index (κ2) is 6.67. The Kier molecular flexibility index (Phi) is 4.65. The predicted molar refractivity (Wildman–Crippen MR) is 82.8 cm³/mol. The molecule has 0 saturated carbocycles. The molecule has 1 fully saturated rings. The largest absolute Gasteiger partial charge is 0.760 e. The standard InChI is InChI=1S/C13H20N6O2S/c1-18-9-16-11-12(18)14-8-15-13(11)19-6-3-10(4-7-19)2-5-17-22(20)21/h8-10,17H,2-7H2,1H3,(H,20,21)/p-1. The van der Waals surface area contributed by atoms with Crippen LogP contribution in [0, 0.1) is 5.92 Å². The quantitative estimate of drug-likeness (QED) is 0.797. The van der Waals surface area contributed by atoms with Gasteiger partial charge in [-0.3, -0.25) is 4.21 Å². The number of aromatic nitrogens is 4. The molecule has 1 aliphatic heterocycles. The zero-order chi connectivity index (χ0) is 15.5. The summed E-state index contributed by atoms with van der Waals surface area (Å²) in [6.45, 7) is 2.33. The van der Waals surface area contributed by atoms with Crippen molar-refractivity contribution in [2.24, 2.45) is 13.0 Å². The van der Waals surface area contributed by atoms with Crippen LogP contribution in [0.3, 0.4) is 0 Å². The second-order valence-corrected chi connectivity index (χ2v) is 6.33. The molecule has 0 spiro atoms. The fraction of sp³-hybridized carbons (Fsp3) is 0.615. The zero-order valence-corrected chi connectivity index (χ0v) is 13.3. The van der Waals surface area contributed by atoms with Crippen LogP contribution in [0.15, 0.2) is 12.7 Å². The van der Waals surface area contributed by atoms with Crippen molar-refractivity contribution in [2.75, 3.05) is 24.5 Å². The van der Waals surface area contributed by atoms with E-state index in [1.54, 1.807) is 12.7 Å². The van der Waals surface area contributed by atoms with Crippen LogP contribution in [-0.2, 0) is 18.3 Å². The fourth-order valence-electron chi connectivity index (χ4n) is 2.94. The van der Waals surface area contributed by atoms with E-state index >= 15 is 0 Å². The van der Waals surface area contributed by atoms with Crippen molar-refractivity contribution < 1.29 is 8.76 Å². The maximum Gasteiger partial charge on any atom is 0.165 e. The van der Waals surface area contributed by atoms with Gasteiger partial charge in [-0.15, -0.1) is 0 Å². The normalized spacial score (nSPS) is 18.0. The number of anilines is 1. The lowest BCUT2D eigenvalue weighted by atomic mass is 9.93. The molecule has 120 valence electrons. The van der Waals surface area contributed by atoms with Gasteiger partial charge in [-0.05, 0) is 25.2 Å². The van der Waals surface area contributed by atoms with E-state index in [1.165, 1.54) is 0 Å². The summed E-state index contributed by atoms with van der Waals surface area (Å²) in [5.41, 5.74) is 1.68. The second-order valence-electron chi connectivity index (χ2n) is 5.57. The first kappa shape index (κ1) is 15.3. The van der Waals surface area contributed by atoms with Crippen LogP contribution in [-0.4, -0.2) is 47.9 Å². The van der Waals surface area contributed by atoms with Gasteiger partial charge in [0.15, 0.2) is 17.0 Å². The van der Waals surface area contributed by atoms with Crippen LogP contribution in [0.4, 0.5) is 5.82 Å². The number of rotatable bonds is 5. The first-order valence-corrected chi connectivity index (χ1v) is 8.42. The number of hydrogen-bond donors (Lipinski definition) is 1. The summed E-state index contributed by atoms with van der Waals surface area (Å²) in [4.78, 5) is 15.3. The monoisotopic (exact) mass is 323 g/mol. The first-order valence-electron chi connectivity index (χ1n) is 7.35. The average molecular weight is 323 g/mol. The minimum atomic E-state index is -2.16. The summed E-state index contributed by atoms with van der Waals surface area (Å²) in [6.07, 6.45) is 6.28. The van der Waals surface area contributed by atoms with Crippen LogP contribution in [0.25, 0.3) is 11.2 Å². The van der Waals surface area contributed by atoms with Gasteiger partial charge in [0.25, 0.3) is 0 Å². The molecule has 1 unspecified atom stereocenters. The van der Waals surface area contributed by atoms with Crippen LogP contribution in [0.5, 0.6) is 0 Å². The van der Waals surface area contributed by atoms with Crippen LogP contribution < -0.4 is 9.62 Å². The minimum Gasteiger partial charge on any atom is -0.760 e. The number of nitrogens with one attached hydrogen (secondary N) is 1. The molecular weight excluding hydrogens is 304 g/mol. The Labute approximate surface area is 131 Å². The van der Waals surface area contributed by atoms with E-state index < -0.39 is 11.3 Å². The molecule has 3 heterocycles. The van der Waals surface area contributed by atoms with Crippen molar-refractivity contribution >= 4 is 28.2 Å². The topological polar surface area (TPSA) is 99.0 Å². The Morgan fingerprint density at radius 3 is 2.86 bits per heavy atom. The molecule has 2 aromatic rings. The van der Waals surface area contributed by atoms with Gasteiger partial charge in [-0.25, -0.2) is 19.7 Å². The highest BCUT2D eigenvalue weighted by molar-refractivity contribution is 7.77. The van der Waals surface area contributed by atoms with Crippen molar-refractivity contribution in [3.63, 3.8) is 0 Å². The van der Waals surface area contributed by atoms with Crippen LogP contribution in [0.1, 0.15) is 19.3 Å². The molecule has 0 aliphatic carbocycles. The van der Waals surface area contributed by atoms with Gasteiger partial charge < -0.3 is 14.0 Å². The summed E-state index contributed by atoms with van der Waals surface area (Å²) >= 11 is -2.16. The van der Waals surface area contributed by atoms with Gasteiger partial charge in [0.1, 0.15) is 6.33 Å². The number of hydrogen-bond acceptors (Lipinski definition) is 6. The molecule has 1 saturated heterocycles. The van der Waals surface area contributed by atoms with Gasteiger partial charge in [0.05, 0.1) is 6.33 Å². The Morgan fingerprint density at radius 2 is 2.14 bits per heavy atom. The van der Waals surface area contributed by atoms with E-state index in [9.17, 15) is 8.76 Å².